The van der Waals surface area contributed by atoms with Gasteiger partial charge in [-0.3, -0.25) is 4.79 Å². The molecule has 0 bridgehead atoms. The van der Waals surface area contributed by atoms with Gasteiger partial charge in [0.15, 0.2) is 5.69 Å². The Morgan fingerprint density at radius 2 is 2.12 bits per heavy atom. The number of aromatic nitrogens is 3. The Hall–Kier alpha value is -2.15. The minimum Gasteiger partial charge on any atom is -0.361 e. The van der Waals surface area contributed by atoms with Gasteiger partial charge in [0.1, 0.15) is 5.76 Å². The van der Waals surface area contributed by atoms with Crippen molar-refractivity contribution in [3.05, 3.63) is 35.2 Å². The molecule has 1 unspecified atom stereocenters. The monoisotopic (exact) mass is 343 g/mol. The van der Waals surface area contributed by atoms with E-state index < -0.39 is 0 Å². The van der Waals surface area contributed by atoms with Crippen molar-refractivity contribution >= 4 is 5.91 Å². The highest BCUT2D eigenvalue weighted by molar-refractivity contribution is 5.92. The van der Waals surface area contributed by atoms with E-state index in [1.165, 1.54) is 25.0 Å². The van der Waals surface area contributed by atoms with E-state index in [0.717, 1.165) is 31.7 Å². The minimum absolute atomic E-state index is 0.0600. The van der Waals surface area contributed by atoms with Crippen LogP contribution in [-0.2, 0) is 20.0 Å². The molecule has 4 rings (SSSR count). The molecule has 0 saturated carbocycles. The summed E-state index contributed by atoms with van der Waals surface area (Å²) in [5.74, 6) is 0.599. The minimum atomic E-state index is -0.0600. The summed E-state index contributed by atoms with van der Waals surface area (Å²) in [6.45, 7) is 5.51. The number of likely N-dealkylation sites (tertiary alicyclic amines) is 1. The fourth-order valence-electron chi connectivity index (χ4n) is 3.98. The van der Waals surface area contributed by atoms with Crippen molar-refractivity contribution in [2.45, 2.75) is 45.2 Å². The molecule has 1 atom stereocenters. The zero-order chi connectivity index (χ0) is 17.4. The third-order valence-electron chi connectivity index (χ3n) is 5.36. The zero-order valence-corrected chi connectivity index (χ0v) is 14.9. The fourth-order valence-corrected chi connectivity index (χ4v) is 3.98. The van der Waals surface area contributed by atoms with E-state index in [0.29, 0.717) is 18.0 Å². The van der Waals surface area contributed by atoms with Crippen molar-refractivity contribution in [2.75, 3.05) is 19.6 Å². The number of fused-ring (bicyclic) bond motifs is 1. The molecule has 134 valence electrons. The van der Waals surface area contributed by atoms with Crippen LogP contribution >= 0.6 is 0 Å². The average Bonchev–Trinajstić information content (AvgIpc) is 3.21. The van der Waals surface area contributed by atoms with Crippen molar-refractivity contribution in [2.24, 2.45) is 7.05 Å². The van der Waals surface area contributed by atoms with Crippen LogP contribution in [0.5, 0.6) is 0 Å². The van der Waals surface area contributed by atoms with E-state index >= 15 is 0 Å². The normalized spacial score (nSPS) is 21.4. The largest absolute Gasteiger partial charge is 0.361 e. The van der Waals surface area contributed by atoms with Gasteiger partial charge in [0.2, 0.25) is 0 Å². The molecule has 0 aromatic carbocycles. The van der Waals surface area contributed by atoms with Gasteiger partial charge >= 0.3 is 0 Å². The van der Waals surface area contributed by atoms with Gasteiger partial charge in [-0.25, -0.2) is 4.98 Å². The lowest BCUT2D eigenvalue weighted by atomic mass is 10.00. The number of rotatable bonds is 3. The van der Waals surface area contributed by atoms with Crippen LogP contribution in [0.4, 0.5) is 0 Å². The Morgan fingerprint density at radius 1 is 1.32 bits per heavy atom. The summed E-state index contributed by atoms with van der Waals surface area (Å²) in [5.41, 5.74) is 2.62. The van der Waals surface area contributed by atoms with Crippen molar-refractivity contribution in [1.29, 1.82) is 0 Å². The molecular weight excluding hydrogens is 318 g/mol. The van der Waals surface area contributed by atoms with Crippen molar-refractivity contribution in [3.8, 4) is 0 Å². The molecule has 1 amide bonds. The summed E-state index contributed by atoms with van der Waals surface area (Å²) >= 11 is 0. The second kappa shape index (κ2) is 6.63. The molecule has 2 aromatic heterocycles. The molecule has 2 aromatic rings. The molecule has 7 nitrogen and oxygen atoms in total. The van der Waals surface area contributed by atoms with Gasteiger partial charge in [-0.05, 0) is 32.9 Å². The van der Waals surface area contributed by atoms with Crippen LogP contribution in [0, 0.1) is 6.92 Å². The Labute approximate surface area is 147 Å². The molecular formula is C18H25N5O2. The highest BCUT2D eigenvalue weighted by Crippen LogP contribution is 2.25. The number of hydrogen-bond acceptors (Lipinski definition) is 5. The van der Waals surface area contributed by atoms with Crippen LogP contribution in [-0.4, -0.2) is 56.1 Å². The number of hydrogen-bond donors (Lipinski definition) is 0. The van der Waals surface area contributed by atoms with E-state index in [9.17, 15) is 4.79 Å². The molecule has 2 aliphatic rings. The van der Waals surface area contributed by atoms with E-state index in [1.54, 1.807) is 6.07 Å². The first-order chi connectivity index (χ1) is 12.1. The summed E-state index contributed by atoms with van der Waals surface area (Å²) in [6, 6.07) is 1.86. The number of carbonyl (C=O) groups excluding carboxylic acids is 1. The highest BCUT2D eigenvalue weighted by Gasteiger charge is 2.35. The SMILES string of the molecule is Cc1cc(C(=O)N2Cc3ncn(C)c3CC2CN2CCCCC2)no1. The van der Waals surface area contributed by atoms with Crippen LogP contribution in [0.2, 0.25) is 0 Å². The van der Waals surface area contributed by atoms with E-state index in [2.05, 4.69) is 19.6 Å². The number of imidazole rings is 1. The summed E-state index contributed by atoms with van der Waals surface area (Å²) in [7, 11) is 2.03. The number of amides is 1. The Kier molecular flexibility index (Phi) is 4.33. The molecule has 0 radical (unpaired) electrons. The zero-order valence-electron chi connectivity index (χ0n) is 14.9. The maximum atomic E-state index is 13.0. The lowest BCUT2D eigenvalue weighted by molar-refractivity contribution is 0.0548. The third-order valence-corrected chi connectivity index (χ3v) is 5.36. The van der Waals surface area contributed by atoms with Crippen molar-refractivity contribution in [3.63, 3.8) is 0 Å². The van der Waals surface area contributed by atoms with Crippen molar-refractivity contribution in [1.82, 2.24) is 24.5 Å². The summed E-state index contributed by atoms with van der Waals surface area (Å²) in [4.78, 5) is 21.9. The third kappa shape index (κ3) is 3.20. The van der Waals surface area contributed by atoms with E-state index in [-0.39, 0.29) is 11.9 Å². The quantitative estimate of drug-likeness (QED) is 0.850. The lowest BCUT2D eigenvalue weighted by Gasteiger charge is -2.39. The van der Waals surface area contributed by atoms with Gasteiger partial charge in [0, 0.05) is 31.8 Å². The average molecular weight is 343 g/mol. The van der Waals surface area contributed by atoms with Gasteiger partial charge < -0.3 is 18.9 Å². The number of nitrogens with zero attached hydrogens (tertiary/aromatic N) is 5. The van der Waals surface area contributed by atoms with Crippen molar-refractivity contribution < 1.29 is 9.32 Å². The van der Waals surface area contributed by atoms with Crippen LogP contribution in [0.1, 0.15) is 46.9 Å². The molecule has 1 fully saturated rings. The summed E-state index contributed by atoms with van der Waals surface area (Å²) in [5, 5.41) is 3.93. The van der Waals surface area contributed by atoms with Crippen LogP contribution in [0.15, 0.2) is 16.9 Å². The molecule has 1 saturated heterocycles. The second-order valence-corrected chi connectivity index (χ2v) is 7.22. The van der Waals surface area contributed by atoms with Gasteiger partial charge in [-0.2, -0.15) is 0 Å². The van der Waals surface area contributed by atoms with Crippen LogP contribution < -0.4 is 0 Å². The molecule has 7 heteroatoms. The van der Waals surface area contributed by atoms with Gasteiger partial charge in [0.05, 0.1) is 24.6 Å². The predicted octanol–water partition coefficient (Wildman–Crippen LogP) is 1.77. The maximum Gasteiger partial charge on any atom is 0.276 e. The smallest absolute Gasteiger partial charge is 0.276 e. The molecule has 0 N–H and O–H groups in total. The molecule has 0 spiro atoms. The topological polar surface area (TPSA) is 67.4 Å². The van der Waals surface area contributed by atoms with E-state index in [4.69, 9.17) is 4.52 Å². The van der Waals surface area contributed by atoms with Crippen LogP contribution in [0.25, 0.3) is 0 Å². The first-order valence-corrected chi connectivity index (χ1v) is 9.07. The van der Waals surface area contributed by atoms with E-state index in [1.807, 2.05) is 25.2 Å². The summed E-state index contributed by atoms with van der Waals surface area (Å²) < 4.78 is 7.19. The molecule has 25 heavy (non-hydrogen) atoms. The molecule has 0 aliphatic carbocycles. The Bertz CT molecular complexity index is 759. The first kappa shape index (κ1) is 16.3. The van der Waals surface area contributed by atoms with Gasteiger partial charge in [-0.1, -0.05) is 11.6 Å². The highest BCUT2D eigenvalue weighted by atomic mass is 16.5. The van der Waals surface area contributed by atoms with Gasteiger partial charge in [-0.15, -0.1) is 0 Å². The standard InChI is InChI=1S/C18H25N5O2/c1-13-8-15(20-25-13)18(24)23-11-16-17(21(2)12-19-16)9-14(23)10-22-6-4-3-5-7-22/h8,12,14H,3-7,9-11H2,1-2H3. The number of aryl methyl sites for hydroxylation is 2. The first-order valence-electron chi connectivity index (χ1n) is 9.07. The lowest BCUT2D eigenvalue weighted by Crippen LogP contribution is -2.51. The van der Waals surface area contributed by atoms with Crippen LogP contribution in [0.3, 0.4) is 0 Å². The second-order valence-electron chi connectivity index (χ2n) is 7.22. The number of piperidine rings is 1. The summed E-state index contributed by atoms with van der Waals surface area (Å²) in [6.07, 6.45) is 6.50. The fraction of sp³-hybridized carbons (Fsp3) is 0.611. The predicted molar refractivity (Wildman–Crippen MR) is 92.1 cm³/mol. The van der Waals surface area contributed by atoms with Gasteiger partial charge in [0.25, 0.3) is 5.91 Å². The Balaban J connectivity index is 1.59. The molecule has 4 heterocycles. The number of carbonyl (C=O) groups is 1. The molecule has 2 aliphatic heterocycles. The maximum absolute atomic E-state index is 13.0. The Morgan fingerprint density at radius 3 is 2.84 bits per heavy atom.